The molecule has 0 saturated carbocycles. The highest BCUT2D eigenvalue weighted by molar-refractivity contribution is 7.11. The van der Waals surface area contributed by atoms with Crippen LogP contribution in [0.1, 0.15) is 39.9 Å². The van der Waals surface area contributed by atoms with E-state index in [9.17, 15) is 9.59 Å². The van der Waals surface area contributed by atoms with Gasteiger partial charge in [0.2, 0.25) is 5.91 Å². The second-order valence-electron chi connectivity index (χ2n) is 6.50. The predicted octanol–water partition coefficient (Wildman–Crippen LogP) is 0.963. The largest absolute Gasteiger partial charge is 0.355 e. The van der Waals surface area contributed by atoms with Crippen molar-refractivity contribution < 1.29 is 4.79 Å². The Morgan fingerprint density at radius 3 is 3.00 bits per heavy atom. The van der Waals surface area contributed by atoms with Crippen LogP contribution in [0.4, 0.5) is 0 Å². The van der Waals surface area contributed by atoms with Crippen molar-refractivity contribution in [2.75, 3.05) is 6.54 Å². The normalized spacial score (nSPS) is 13.7. The molecule has 0 spiro atoms. The number of amides is 1. The van der Waals surface area contributed by atoms with Gasteiger partial charge in [-0.2, -0.15) is 9.50 Å². The highest BCUT2D eigenvalue weighted by Gasteiger charge is 2.15. The third-order valence-corrected chi connectivity index (χ3v) is 5.60. The first kappa shape index (κ1) is 16.9. The monoisotopic (exact) mass is 372 g/mol. The fourth-order valence-electron chi connectivity index (χ4n) is 3.15. The van der Waals surface area contributed by atoms with Crippen LogP contribution in [-0.2, 0) is 30.5 Å². The van der Waals surface area contributed by atoms with Crippen LogP contribution in [0, 0.1) is 6.92 Å². The molecule has 0 atom stereocenters. The van der Waals surface area contributed by atoms with Gasteiger partial charge >= 0.3 is 0 Å². The lowest BCUT2D eigenvalue weighted by molar-refractivity contribution is -0.120. The number of H-pyrrole nitrogens is 1. The van der Waals surface area contributed by atoms with Gasteiger partial charge in [-0.05, 0) is 32.6 Å². The van der Waals surface area contributed by atoms with Crippen molar-refractivity contribution in [2.24, 2.45) is 0 Å². The van der Waals surface area contributed by atoms with Crippen LogP contribution in [0.15, 0.2) is 10.9 Å². The van der Waals surface area contributed by atoms with Crippen molar-refractivity contribution in [3.05, 3.63) is 43.5 Å². The molecule has 0 aromatic carbocycles. The number of hydrogen-bond donors (Lipinski definition) is 2. The summed E-state index contributed by atoms with van der Waals surface area (Å²) >= 11 is 1.77. The average Bonchev–Trinajstić information content (AvgIpc) is 3.17. The van der Waals surface area contributed by atoms with Gasteiger partial charge in [-0.3, -0.25) is 14.7 Å². The van der Waals surface area contributed by atoms with E-state index in [1.165, 1.54) is 34.0 Å². The molecule has 0 aliphatic heterocycles. The molecule has 0 saturated heterocycles. The molecule has 4 rings (SSSR count). The summed E-state index contributed by atoms with van der Waals surface area (Å²) in [6.45, 7) is 2.28. The zero-order valence-electron chi connectivity index (χ0n) is 14.5. The number of aryl methyl sites for hydroxylation is 3. The minimum absolute atomic E-state index is 0.0796. The van der Waals surface area contributed by atoms with E-state index in [-0.39, 0.29) is 23.7 Å². The van der Waals surface area contributed by atoms with Crippen molar-refractivity contribution in [2.45, 2.75) is 45.4 Å². The van der Waals surface area contributed by atoms with Gasteiger partial charge < -0.3 is 5.32 Å². The first-order valence-electron chi connectivity index (χ1n) is 8.78. The van der Waals surface area contributed by atoms with Crippen LogP contribution in [0.25, 0.3) is 5.78 Å². The summed E-state index contributed by atoms with van der Waals surface area (Å²) in [5, 5.41) is 6.80. The van der Waals surface area contributed by atoms with E-state index in [2.05, 4.69) is 25.4 Å². The molecule has 1 amide bonds. The van der Waals surface area contributed by atoms with E-state index in [1.807, 2.05) is 0 Å². The molecular formula is C17H20N6O2S. The van der Waals surface area contributed by atoms with Crippen molar-refractivity contribution in [3.8, 4) is 0 Å². The van der Waals surface area contributed by atoms with Gasteiger partial charge in [0, 0.05) is 29.6 Å². The summed E-state index contributed by atoms with van der Waals surface area (Å²) in [6, 6.07) is 1.42. The third kappa shape index (κ3) is 3.52. The Kier molecular flexibility index (Phi) is 4.54. The van der Waals surface area contributed by atoms with E-state index in [1.54, 1.807) is 18.3 Å². The van der Waals surface area contributed by atoms with Crippen LogP contribution in [-0.4, -0.2) is 37.0 Å². The van der Waals surface area contributed by atoms with E-state index in [4.69, 9.17) is 0 Å². The Labute approximate surface area is 153 Å². The van der Waals surface area contributed by atoms with Crippen LogP contribution in [0.5, 0.6) is 0 Å². The fraction of sp³-hybridized carbons (Fsp3) is 0.471. The van der Waals surface area contributed by atoms with Crippen LogP contribution < -0.4 is 10.9 Å². The van der Waals surface area contributed by atoms with Crippen molar-refractivity contribution in [3.63, 3.8) is 0 Å². The number of thiazole rings is 1. The molecule has 0 unspecified atom stereocenters. The van der Waals surface area contributed by atoms with E-state index >= 15 is 0 Å². The Balaban J connectivity index is 1.33. The zero-order chi connectivity index (χ0) is 18.1. The van der Waals surface area contributed by atoms with Gasteiger partial charge in [-0.15, -0.1) is 11.3 Å². The molecule has 26 heavy (non-hydrogen) atoms. The number of rotatable bonds is 5. The molecule has 9 heteroatoms. The molecule has 0 radical (unpaired) electrons. The number of hydrogen-bond acceptors (Lipinski definition) is 6. The first-order valence-corrected chi connectivity index (χ1v) is 9.59. The quantitative estimate of drug-likeness (QED) is 0.694. The number of nitrogens with one attached hydrogen (secondary N) is 2. The maximum atomic E-state index is 12.1. The highest BCUT2D eigenvalue weighted by atomic mass is 32.1. The van der Waals surface area contributed by atoms with Crippen LogP contribution in [0.3, 0.4) is 0 Å². The molecule has 3 heterocycles. The van der Waals surface area contributed by atoms with Gasteiger partial charge in [0.05, 0.1) is 17.1 Å². The molecule has 2 N–H and O–H groups in total. The second kappa shape index (κ2) is 6.99. The van der Waals surface area contributed by atoms with Gasteiger partial charge in [0.25, 0.3) is 11.3 Å². The van der Waals surface area contributed by atoms with E-state index < -0.39 is 0 Å². The maximum absolute atomic E-state index is 12.1. The van der Waals surface area contributed by atoms with Gasteiger partial charge in [-0.25, -0.2) is 9.97 Å². The Bertz CT molecular complexity index is 995. The molecular weight excluding hydrogens is 352 g/mol. The van der Waals surface area contributed by atoms with Gasteiger partial charge in [0.1, 0.15) is 5.82 Å². The van der Waals surface area contributed by atoms with Gasteiger partial charge in [-0.1, -0.05) is 0 Å². The molecule has 3 aromatic heterocycles. The molecule has 0 bridgehead atoms. The fourth-order valence-corrected chi connectivity index (χ4v) is 4.31. The summed E-state index contributed by atoms with van der Waals surface area (Å²) in [5.74, 6) is 0.559. The molecule has 136 valence electrons. The highest BCUT2D eigenvalue weighted by Crippen LogP contribution is 2.26. The molecule has 1 aliphatic rings. The molecule has 3 aromatic rings. The lowest BCUT2D eigenvalue weighted by Crippen LogP contribution is -2.27. The van der Waals surface area contributed by atoms with Crippen molar-refractivity contribution >= 4 is 23.0 Å². The lowest BCUT2D eigenvalue weighted by Gasteiger charge is -2.06. The summed E-state index contributed by atoms with van der Waals surface area (Å²) in [4.78, 5) is 38.5. The summed E-state index contributed by atoms with van der Waals surface area (Å²) < 4.78 is 1.25. The zero-order valence-corrected chi connectivity index (χ0v) is 15.4. The predicted molar refractivity (Wildman–Crippen MR) is 97.5 cm³/mol. The van der Waals surface area contributed by atoms with E-state index in [0.29, 0.717) is 18.1 Å². The number of carbonyl (C=O) groups excluding carboxylic acids is 1. The topological polar surface area (TPSA) is 105 Å². The van der Waals surface area contributed by atoms with Crippen molar-refractivity contribution in [1.82, 2.24) is 29.9 Å². The SMILES string of the molecule is Cc1cc(=O)n2[nH]c(CC(=O)NCCc3nc4c(s3)CCCC4)nc2n1. The minimum Gasteiger partial charge on any atom is -0.355 e. The summed E-state index contributed by atoms with van der Waals surface area (Å²) in [6.07, 6.45) is 5.51. The smallest absolute Gasteiger partial charge is 0.274 e. The minimum atomic E-state index is -0.237. The summed E-state index contributed by atoms with van der Waals surface area (Å²) in [7, 11) is 0. The average molecular weight is 372 g/mol. The Morgan fingerprint density at radius 1 is 1.31 bits per heavy atom. The number of nitrogens with zero attached hydrogens (tertiary/aromatic N) is 4. The number of carbonyl (C=O) groups is 1. The van der Waals surface area contributed by atoms with Crippen LogP contribution >= 0.6 is 11.3 Å². The number of aromatic amines is 1. The van der Waals surface area contributed by atoms with Gasteiger partial charge in [0.15, 0.2) is 0 Å². The molecule has 0 fully saturated rings. The molecule has 1 aliphatic carbocycles. The lowest BCUT2D eigenvalue weighted by atomic mass is 10.0. The Hall–Kier alpha value is -2.55. The first-order chi connectivity index (χ1) is 12.6. The third-order valence-electron chi connectivity index (χ3n) is 4.38. The van der Waals surface area contributed by atoms with Crippen molar-refractivity contribution in [1.29, 1.82) is 0 Å². The number of fused-ring (bicyclic) bond motifs is 2. The molecule has 8 nitrogen and oxygen atoms in total. The number of aromatic nitrogens is 5. The second-order valence-corrected chi connectivity index (χ2v) is 7.67. The summed E-state index contributed by atoms with van der Waals surface area (Å²) in [5.41, 5.74) is 1.61. The van der Waals surface area contributed by atoms with Crippen LogP contribution in [0.2, 0.25) is 0 Å². The standard InChI is InChI=1S/C17H20N6O2S/c1-10-8-16(25)23-17(19-10)21-13(22-23)9-14(24)18-7-6-15-20-11-4-2-3-5-12(11)26-15/h8H,2-7,9H2,1H3,(H,18,24)(H,19,21,22). The Morgan fingerprint density at radius 2 is 2.15 bits per heavy atom. The van der Waals surface area contributed by atoms with E-state index in [0.717, 1.165) is 24.3 Å². The maximum Gasteiger partial charge on any atom is 0.274 e.